The fourth-order valence-corrected chi connectivity index (χ4v) is 4.87. The summed E-state index contributed by atoms with van der Waals surface area (Å²) < 4.78 is 37.8. The van der Waals surface area contributed by atoms with Crippen molar-refractivity contribution in [1.82, 2.24) is 14.5 Å². The lowest BCUT2D eigenvalue weighted by atomic mass is 10.1. The van der Waals surface area contributed by atoms with Crippen LogP contribution in [0.1, 0.15) is 21.7 Å². The van der Waals surface area contributed by atoms with Gasteiger partial charge in [0.15, 0.2) is 0 Å². The van der Waals surface area contributed by atoms with Gasteiger partial charge in [0.25, 0.3) is 5.91 Å². The number of sulfonamides is 1. The van der Waals surface area contributed by atoms with Gasteiger partial charge in [-0.3, -0.25) is 9.69 Å². The second kappa shape index (κ2) is 10.9. The minimum Gasteiger partial charge on any atom is -0.497 e. The minimum atomic E-state index is -3.69. The van der Waals surface area contributed by atoms with E-state index in [0.29, 0.717) is 24.4 Å². The lowest BCUT2D eigenvalue weighted by Crippen LogP contribution is -2.49. The first-order chi connectivity index (χ1) is 16.4. The van der Waals surface area contributed by atoms with Crippen molar-refractivity contribution >= 4 is 15.9 Å². The smallest absolute Gasteiger partial charge is 0.253 e. The quantitative estimate of drug-likeness (QED) is 0.503. The maximum absolute atomic E-state index is 12.9. The van der Waals surface area contributed by atoms with Crippen molar-refractivity contribution in [3.63, 3.8) is 0 Å². The van der Waals surface area contributed by atoms with Crippen molar-refractivity contribution in [3.8, 4) is 5.75 Å². The normalized spacial score (nSPS) is 14.8. The van der Waals surface area contributed by atoms with E-state index in [1.165, 1.54) is 24.0 Å². The summed E-state index contributed by atoms with van der Waals surface area (Å²) in [7, 11) is -2.03. The molecule has 1 fully saturated rings. The number of benzene rings is 2. The number of carbonyl (C=O) groups is 1. The third-order valence-electron chi connectivity index (χ3n) is 5.96. The van der Waals surface area contributed by atoms with Gasteiger partial charge < -0.3 is 14.1 Å². The van der Waals surface area contributed by atoms with Crippen LogP contribution in [0.25, 0.3) is 0 Å². The zero-order valence-corrected chi connectivity index (χ0v) is 20.0. The van der Waals surface area contributed by atoms with Crippen LogP contribution in [-0.4, -0.2) is 64.0 Å². The second-order valence-electron chi connectivity index (χ2n) is 8.16. The fourth-order valence-electron chi connectivity index (χ4n) is 3.88. The van der Waals surface area contributed by atoms with Gasteiger partial charge >= 0.3 is 0 Å². The molecule has 0 bridgehead atoms. The summed E-state index contributed by atoms with van der Waals surface area (Å²) in [5.74, 6) is 1.30. The molecule has 0 aliphatic carbocycles. The van der Waals surface area contributed by atoms with Gasteiger partial charge in [0.05, 0.1) is 24.8 Å². The highest BCUT2D eigenvalue weighted by Gasteiger charge is 2.23. The molecule has 8 nitrogen and oxygen atoms in total. The molecule has 180 valence electrons. The van der Waals surface area contributed by atoms with Crippen molar-refractivity contribution < 1.29 is 22.4 Å². The van der Waals surface area contributed by atoms with Crippen molar-refractivity contribution in [3.05, 3.63) is 83.8 Å². The summed E-state index contributed by atoms with van der Waals surface area (Å²) >= 11 is 0. The Hall–Kier alpha value is -3.14. The van der Waals surface area contributed by atoms with E-state index >= 15 is 0 Å². The van der Waals surface area contributed by atoms with Crippen molar-refractivity contribution in [2.75, 3.05) is 39.8 Å². The van der Waals surface area contributed by atoms with E-state index in [4.69, 9.17) is 9.15 Å². The van der Waals surface area contributed by atoms with Gasteiger partial charge in [-0.25, -0.2) is 13.1 Å². The predicted molar refractivity (Wildman–Crippen MR) is 128 cm³/mol. The van der Waals surface area contributed by atoms with E-state index < -0.39 is 10.0 Å². The molecule has 0 spiro atoms. The van der Waals surface area contributed by atoms with Gasteiger partial charge in [-0.2, -0.15) is 0 Å². The van der Waals surface area contributed by atoms with Crippen LogP contribution in [0.4, 0.5) is 0 Å². The summed E-state index contributed by atoms with van der Waals surface area (Å²) in [6.45, 7) is 3.92. The Morgan fingerprint density at radius 2 is 1.71 bits per heavy atom. The van der Waals surface area contributed by atoms with E-state index in [1.54, 1.807) is 31.4 Å². The third kappa shape index (κ3) is 6.05. The van der Waals surface area contributed by atoms with Crippen molar-refractivity contribution in [2.24, 2.45) is 0 Å². The number of ether oxygens (including phenoxy) is 1. The van der Waals surface area contributed by atoms with Crippen LogP contribution < -0.4 is 9.46 Å². The van der Waals surface area contributed by atoms with Crippen LogP contribution in [0.3, 0.4) is 0 Å². The molecule has 2 aromatic carbocycles. The largest absolute Gasteiger partial charge is 0.497 e. The van der Waals surface area contributed by atoms with E-state index in [1.807, 2.05) is 17.0 Å². The van der Waals surface area contributed by atoms with Crippen LogP contribution in [0, 0.1) is 0 Å². The molecule has 3 aromatic rings. The van der Waals surface area contributed by atoms with Crippen LogP contribution in [-0.2, 0) is 23.0 Å². The predicted octanol–water partition coefficient (Wildman–Crippen LogP) is 2.77. The number of nitrogens with one attached hydrogen (secondary N) is 1. The Morgan fingerprint density at radius 1 is 1.00 bits per heavy atom. The first kappa shape index (κ1) is 24.0. The van der Waals surface area contributed by atoms with Crippen LogP contribution in [0.15, 0.2) is 76.2 Å². The molecular weight excluding hydrogens is 454 g/mol. The van der Waals surface area contributed by atoms with Gasteiger partial charge in [0, 0.05) is 38.3 Å². The topological polar surface area (TPSA) is 92.1 Å². The number of nitrogens with zero attached hydrogens (tertiary/aromatic N) is 2. The van der Waals surface area contributed by atoms with Crippen molar-refractivity contribution in [1.29, 1.82) is 0 Å². The molecule has 1 aliphatic heterocycles. The molecule has 1 saturated heterocycles. The van der Waals surface area contributed by atoms with Crippen molar-refractivity contribution in [2.45, 2.75) is 17.9 Å². The Kier molecular flexibility index (Phi) is 7.66. The number of rotatable bonds is 9. The number of amides is 1. The number of furan rings is 1. The van der Waals surface area contributed by atoms with Crippen LogP contribution >= 0.6 is 0 Å². The molecule has 0 saturated carbocycles. The summed E-state index contributed by atoms with van der Waals surface area (Å²) in [5, 5.41) is 0. The molecule has 0 atom stereocenters. The zero-order chi connectivity index (χ0) is 24.0. The third-order valence-corrected chi connectivity index (χ3v) is 7.38. The Labute approximate surface area is 200 Å². The van der Waals surface area contributed by atoms with Gasteiger partial charge in [-0.1, -0.05) is 12.1 Å². The highest BCUT2D eigenvalue weighted by atomic mass is 32.2. The van der Waals surface area contributed by atoms with Crippen LogP contribution in [0.2, 0.25) is 0 Å². The molecule has 9 heteroatoms. The zero-order valence-electron chi connectivity index (χ0n) is 19.1. The van der Waals surface area contributed by atoms with E-state index in [0.717, 1.165) is 31.8 Å². The molecule has 34 heavy (non-hydrogen) atoms. The monoisotopic (exact) mass is 483 g/mol. The average molecular weight is 484 g/mol. The van der Waals surface area contributed by atoms with Gasteiger partial charge in [-0.15, -0.1) is 0 Å². The van der Waals surface area contributed by atoms with Crippen LogP contribution in [0.5, 0.6) is 5.75 Å². The summed E-state index contributed by atoms with van der Waals surface area (Å²) in [6, 6.07) is 17.6. The summed E-state index contributed by atoms with van der Waals surface area (Å²) in [6.07, 6.45) is 2.44. The Morgan fingerprint density at radius 3 is 2.32 bits per heavy atom. The fraction of sp³-hybridized carbons (Fsp3) is 0.320. The number of hydrogen-bond donors (Lipinski definition) is 1. The van der Waals surface area contributed by atoms with E-state index in [9.17, 15) is 13.2 Å². The minimum absolute atomic E-state index is 0.0682. The first-order valence-electron chi connectivity index (χ1n) is 11.2. The number of methoxy groups -OCH3 is 1. The number of hydrogen-bond acceptors (Lipinski definition) is 6. The summed E-state index contributed by atoms with van der Waals surface area (Å²) in [4.78, 5) is 17.2. The highest BCUT2D eigenvalue weighted by molar-refractivity contribution is 7.89. The van der Waals surface area contributed by atoms with Gasteiger partial charge in [-0.05, 0) is 60.5 Å². The van der Waals surface area contributed by atoms with Gasteiger partial charge in [0.1, 0.15) is 11.5 Å². The average Bonchev–Trinajstić information content (AvgIpc) is 3.40. The second-order valence-corrected chi connectivity index (χ2v) is 9.93. The Balaban J connectivity index is 1.26. The number of carbonyl (C=O) groups excluding carboxylic acids is 1. The van der Waals surface area contributed by atoms with E-state index in [-0.39, 0.29) is 17.3 Å². The SMILES string of the molecule is COc1ccc(CCN2CCN(C(=O)c3ccc(S(=O)(=O)NCc4ccco4)cc3)CC2)cc1. The molecule has 1 aliphatic rings. The number of piperazine rings is 1. The highest BCUT2D eigenvalue weighted by Crippen LogP contribution is 2.16. The molecule has 0 unspecified atom stereocenters. The standard InChI is InChI=1S/C25H29N3O5S/c1-32-22-8-4-20(5-9-22)12-13-27-14-16-28(17-15-27)25(29)21-6-10-24(11-7-21)34(30,31)26-19-23-3-2-18-33-23/h2-11,18,26H,12-17,19H2,1H3. The molecule has 1 N–H and O–H groups in total. The lowest BCUT2D eigenvalue weighted by Gasteiger charge is -2.34. The van der Waals surface area contributed by atoms with E-state index in [2.05, 4.69) is 21.8 Å². The first-order valence-corrected chi connectivity index (χ1v) is 12.7. The molecular formula is C25H29N3O5S. The molecule has 1 amide bonds. The maximum Gasteiger partial charge on any atom is 0.253 e. The molecule has 0 radical (unpaired) electrons. The molecule has 2 heterocycles. The lowest BCUT2D eigenvalue weighted by molar-refractivity contribution is 0.0638. The maximum atomic E-state index is 12.9. The molecule has 4 rings (SSSR count). The Bertz CT molecular complexity index is 1170. The summed E-state index contributed by atoms with van der Waals surface area (Å²) in [5.41, 5.74) is 1.74. The molecule has 1 aromatic heterocycles. The van der Waals surface area contributed by atoms with Gasteiger partial charge in [0.2, 0.25) is 10.0 Å².